The van der Waals surface area contributed by atoms with Crippen LogP contribution in [-0.2, 0) is 4.79 Å². The fourth-order valence-corrected chi connectivity index (χ4v) is 4.13. The van der Waals surface area contributed by atoms with Crippen LogP contribution in [0.4, 0.5) is 8.78 Å². The molecule has 1 unspecified atom stereocenters. The zero-order valence-corrected chi connectivity index (χ0v) is 20.1. The van der Waals surface area contributed by atoms with Crippen molar-refractivity contribution in [1.82, 2.24) is 9.91 Å². The van der Waals surface area contributed by atoms with E-state index in [1.807, 2.05) is 0 Å². The van der Waals surface area contributed by atoms with Crippen molar-refractivity contribution in [2.75, 3.05) is 27.8 Å². The number of amides is 2. The minimum Gasteiger partial charge on any atom is -0.497 e. The zero-order chi connectivity index (χ0) is 25.8. The van der Waals surface area contributed by atoms with Gasteiger partial charge < -0.3 is 14.4 Å². The summed E-state index contributed by atoms with van der Waals surface area (Å²) in [5.41, 5.74) is 1.12. The zero-order valence-electron chi connectivity index (χ0n) is 20.1. The molecule has 36 heavy (non-hydrogen) atoms. The van der Waals surface area contributed by atoms with Crippen molar-refractivity contribution in [1.29, 1.82) is 0 Å². The molecule has 0 bridgehead atoms. The van der Waals surface area contributed by atoms with Crippen molar-refractivity contribution in [2.45, 2.75) is 12.5 Å². The van der Waals surface area contributed by atoms with Crippen molar-refractivity contribution in [3.8, 4) is 11.5 Å². The Morgan fingerprint density at radius 3 is 2.36 bits per heavy atom. The van der Waals surface area contributed by atoms with Gasteiger partial charge in [-0.2, -0.15) is 5.10 Å². The van der Waals surface area contributed by atoms with Crippen LogP contribution in [0, 0.1) is 11.6 Å². The quantitative estimate of drug-likeness (QED) is 0.488. The molecule has 3 aromatic carbocycles. The summed E-state index contributed by atoms with van der Waals surface area (Å²) in [6.45, 7) is -0.371. The molecule has 1 heterocycles. The van der Waals surface area contributed by atoms with Crippen LogP contribution in [0.15, 0.2) is 71.8 Å². The third kappa shape index (κ3) is 4.91. The maximum absolute atomic E-state index is 14.6. The number of rotatable bonds is 7. The molecule has 0 saturated carbocycles. The molecule has 0 spiro atoms. The molecule has 4 rings (SSSR count). The second-order valence-electron chi connectivity index (χ2n) is 8.23. The first-order valence-corrected chi connectivity index (χ1v) is 11.2. The highest BCUT2D eigenvalue weighted by Crippen LogP contribution is 2.39. The number of hydrogen-bond acceptors (Lipinski definition) is 5. The lowest BCUT2D eigenvalue weighted by atomic mass is 9.97. The summed E-state index contributed by atoms with van der Waals surface area (Å²) in [4.78, 5) is 27.3. The molecule has 0 radical (unpaired) electrons. The smallest absolute Gasteiger partial charge is 0.262 e. The monoisotopic (exact) mass is 493 g/mol. The summed E-state index contributed by atoms with van der Waals surface area (Å²) < 4.78 is 39.6. The Hall–Kier alpha value is -4.27. The number of ether oxygens (including phenoxy) is 2. The SMILES string of the molecule is COc1ccc(OC)c(C2CC(c3ccccc3F)=NN2C(=O)CN(C)C(=O)c2ccccc2F)c1. The van der Waals surface area contributed by atoms with Gasteiger partial charge in [-0.05, 0) is 36.4 Å². The molecule has 2 amide bonds. The Labute approximate surface area is 207 Å². The minimum absolute atomic E-state index is 0.143. The summed E-state index contributed by atoms with van der Waals surface area (Å²) in [5.74, 6) is -1.27. The molecule has 0 aromatic heterocycles. The van der Waals surface area contributed by atoms with Gasteiger partial charge in [0.1, 0.15) is 29.7 Å². The van der Waals surface area contributed by atoms with Gasteiger partial charge in [-0.15, -0.1) is 0 Å². The average Bonchev–Trinajstić information content (AvgIpc) is 3.33. The number of carbonyl (C=O) groups excluding carboxylic acids is 2. The predicted octanol–water partition coefficient (Wildman–Crippen LogP) is 4.43. The molecule has 9 heteroatoms. The van der Waals surface area contributed by atoms with Crippen LogP contribution in [0.1, 0.15) is 33.9 Å². The van der Waals surface area contributed by atoms with Crippen LogP contribution in [0.25, 0.3) is 0 Å². The number of likely N-dealkylation sites (N-methyl/N-ethyl adjacent to an activating group) is 1. The largest absolute Gasteiger partial charge is 0.497 e. The normalized spacial score (nSPS) is 14.9. The van der Waals surface area contributed by atoms with Crippen molar-refractivity contribution in [3.63, 3.8) is 0 Å². The average molecular weight is 494 g/mol. The van der Waals surface area contributed by atoms with Crippen LogP contribution in [-0.4, -0.2) is 55.2 Å². The fourth-order valence-electron chi connectivity index (χ4n) is 4.13. The van der Waals surface area contributed by atoms with Crippen molar-refractivity contribution in [3.05, 3.63) is 95.1 Å². The molecule has 1 atom stereocenters. The molecule has 0 aliphatic carbocycles. The molecule has 0 saturated heterocycles. The van der Waals surface area contributed by atoms with E-state index in [0.29, 0.717) is 22.8 Å². The molecule has 3 aromatic rings. The second-order valence-corrected chi connectivity index (χ2v) is 8.23. The highest BCUT2D eigenvalue weighted by atomic mass is 19.1. The lowest BCUT2D eigenvalue weighted by Crippen LogP contribution is -2.39. The first-order valence-electron chi connectivity index (χ1n) is 11.2. The van der Waals surface area contributed by atoms with Crippen LogP contribution in [0.2, 0.25) is 0 Å². The van der Waals surface area contributed by atoms with Gasteiger partial charge in [0.25, 0.3) is 11.8 Å². The number of halogens is 2. The van der Waals surface area contributed by atoms with Crippen LogP contribution < -0.4 is 9.47 Å². The number of methoxy groups -OCH3 is 2. The number of carbonyl (C=O) groups is 2. The van der Waals surface area contributed by atoms with E-state index in [1.54, 1.807) is 42.5 Å². The topological polar surface area (TPSA) is 71.4 Å². The van der Waals surface area contributed by atoms with Gasteiger partial charge in [0.05, 0.1) is 31.5 Å². The molecule has 1 aliphatic heterocycles. The van der Waals surface area contributed by atoms with E-state index in [-0.39, 0.29) is 24.1 Å². The fraction of sp³-hybridized carbons (Fsp3) is 0.222. The molecule has 186 valence electrons. The molecular weight excluding hydrogens is 468 g/mol. The lowest BCUT2D eigenvalue weighted by Gasteiger charge is -2.26. The Balaban J connectivity index is 1.68. The summed E-state index contributed by atoms with van der Waals surface area (Å²) in [6, 6.07) is 16.3. The highest BCUT2D eigenvalue weighted by Gasteiger charge is 2.36. The molecule has 7 nitrogen and oxygen atoms in total. The van der Waals surface area contributed by atoms with Crippen molar-refractivity contribution in [2.24, 2.45) is 5.10 Å². The van der Waals surface area contributed by atoms with E-state index in [1.165, 1.54) is 50.5 Å². The van der Waals surface area contributed by atoms with Gasteiger partial charge in [0, 0.05) is 24.6 Å². The predicted molar refractivity (Wildman–Crippen MR) is 130 cm³/mol. The summed E-state index contributed by atoms with van der Waals surface area (Å²) >= 11 is 0. The van der Waals surface area contributed by atoms with E-state index in [0.717, 1.165) is 4.90 Å². The number of benzene rings is 3. The molecular formula is C27H25F2N3O4. The van der Waals surface area contributed by atoms with E-state index < -0.39 is 29.5 Å². The van der Waals surface area contributed by atoms with Crippen LogP contribution in [0.5, 0.6) is 11.5 Å². The maximum atomic E-state index is 14.6. The summed E-state index contributed by atoms with van der Waals surface area (Å²) in [5, 5.41) is 5.69. The van der Waals surface area contributed by atoms with E-state index in [4.69, 9.17) is 9.47 Å². The summed E-state index contributed by atoms with van der Waals surface area (Å²) in [6.07, 6.45) is 0.209. The lowest BCUT2D eigenvalue weighted by molar-refractivity contribution is -0.133. The van der Waals surface area contributed by atoms with E-state index >= 15 is 0 Å². The highest BCUT2D eigenvalue weighted by molar-refractivity contribution is 6.04. The van der Waals surface area contributed by atoms with Gasteiger partial charge in [0.15, 0.2) is 0 Å². The number of hydrogen-bond donors (Lipinski definition) is 0. The second kappa shape index (κ2) is 10.6. The van der Waals surface area contributed by atoms with Crippen molar-refractivity contribution >= 4 is 17.5 Å². The molecule has 0 fully saturated rings. The third-order valence-corrected chi connectivity index (χ3v) is 5.97. The Bertz CT molecular complexity index is 1330. The Morgan fingerprint density at radius 2 is 1.69 bits per heavy atom. The Morgan fingerprint density at radius 1 is 1.00 bits per heavy atom. The molecule has 0 N–H and O–H groups in total. The third-order valence-electron chi connectivity index (χ3n) is 5.97. The number of nitrogens with zero attached hydrogens (tertiary/aromatic N) is 3. The van der Waals surface area contributed by atoms with Crippen LogP contribution in [0.3, 0.4) is 0 Å². The Kier molecular flexibility index (Phi) is 7.28. The molecule has 1 aliphatic rings. The van der Waals surface area contributed by atoms with Gasteiger partial charge in [-0.1, -0.05) is 30.3 Å². The van der Waals surface area contributed by atoms with E-state index in [2.05, 4.69) is 5.10 Å². The van der Waals surface area contributed by atoms with Crippen LogP contribution >= 0.6 is 0 Å². The van der Waals surface area contributed by atoms with Gasteiger partial charge >= 0.3 is 0 Å². The first kappa shape index (κ1) is 24.8. The maximum Gasteiger partial charge on any atom is 0.262 e. The van der Waals surface area contributed by atoms with Gasteiger partial charge in [0.2, 0.25) is 0 Å². The van der Waals surface area contributed by atoms with Crippen molar-refractivity contribution < 1.29 is 27.8 Å². The van der Waals surface area contributed by atoms with Gasteiger partial charge in [-0.3, -0.25) is 9.59 Å². The van der Waals surface area contributed by atoms with Gasteiger partial charge in [-0.25, -0.2) is 13.8 Å². The minimum atomic E-state index is -0.679. The van der Waals surface area contributed by atoms with E-state index in [9.17, 15) is 18.4 Å². The summed E-state index contributed by atoms with van der Waals surface area (Å²) in [7, 11) is 4.44. The number of hydrazone groups is 1. The first-order chi connectivity index (χ1) is 17.3. The standard InChI is InChI=1S/C27H25F2N3O4/c1-31(27(34)19-9-5-7-11-22(19)29)16-26(33)32-24(20-14-17(35-2)12-13-25(20)36-3)15-23(30-32)18-8-4-6-10-21(18)28/h4-14,24H,15-16H2,1-3H3.